The van der Waals surface area contributed by atoms with Crippen LogP contribution < -0.4 is 5.32 Å². The molecule has 0 aliphatic rings. The Balaban J connectivity index is 2.57. The molecule has 0 saturated carbocycles. The van der Waals surface area contributed by atoms with Crippen molar-refractivity contribution in [2.24, 2.45) is 5.41 Å². The molecule has 1 rings (SSSR count). The number of benzene rings is 1. The van der Waals surface area contributed by atoms with E-state index in [0.29, 0.717) is 12.0 Å². The topological polar surface area (TPSA) is 69.6 Å². The fraction of sp³-hybridized carbons (Fsp3) is 0.533. The molecule has 0 aliphatic heterocycles. The molecule has 0 saturated heterocycles. The van der Waals surface area contributed by atoms with Crippen LogP contribution in [0.2, 0.25) is 0 Å². The van der Waals surface area contributed by atoms with Crippen molar-refractivity contribution in [1.29, 1.82) is 0 Å². The zero-order valence-corrected chi connectivity index (χ0v) is 11.8. The van der Waals surface area contributed by atoms with Gasteiger partial charge in [0, 0.05) is 5.56 Å². The second kappa shape index (κ2) is 6.57. The van der Waals surface area contributed by atoms with Crippen LogP contribution in [-0.2, 0) is 11.2 Å². The molecule has 3 N–H and O–H groups in total. The second-order valence-electron chi connectivity index (χ2n) is 6.02. The average molecular weight is 265 g/mol. The summed E-state index contributed by atoms with van der Waals surface area (Å²) in [6.07, 6.45) is 0.823. The number of aliphatic hydroxyl groups is 1. The standard InChI is InChI=1S/C15H23NO3/c1-15(2,3)9-12(10-17)16-14(19)8-11-6-4-5-7-13(11)18/h4-7,12,17-18H,8-10H2,1-3H3,(H,16,19). The predicted molar refractivity (Wildman–Crippen MR) is 74.9 cm³/mol. The first-order valence-electron chi connectivity index (χ1n) is 6.49. The van der Waals surface area contributed by atoms with Crippen LogP contribution in [0.3, 0.4) is 0 Å². The van der Waals surface area contributed by atoms with Crippen molar-refractivity contribution in [2.75, 3.05) is 6.61 Å². The van der Waals surface area contributed by atoms with Crippen molar-refractivity contribution in [3.8, 4) is 5.75 Å². The summed E-state index contributed by atoms with van der Waals surface area (Å²) < 4.78 is 0. The molecular formula is C15H23NO3. The summed E-state index contributed by atoms with van der Waals surface area (Å²) >= 11 is 0. The SMILES string of the molecule is CC(C)(C)CC(CO)NC(=O)Cc1ccccc1O. The number of hydrogen-bond donors (Lipinski definition) is 3. The second-order valence-corrected chi connectivity index (χ2v) is 6.02. The first-order valence-corrected chi connectivity index (χ1v) is 6.49. The van der Waals surface area contributed by atoms with E-state index < -0.39 is 0 Å². The lowest BCUT2D eigenvalue weighted by Gasteiger charge is -2.25. The van der Waals surface area contributed by atoms with Gasteiger partial charge in [0.2, 0.25) is 5.91 Å². The summed E-state index contributed by atoms with van der Waals surface area (Å²) in [5.41, 5.74) is 0.627. The molecule has 0 aliphatic carbocycles. The van der Waals surface area contributed by atoms with E-state index in [1.807, 2.05) is 0 Å². The van der Waals surface area contributed by atoms with E-state index in [-0.39, 0.29) is 36.1 Å². The maximum absolute atomic E-state index is 11.9. The maximum Gasteiger partial charge on any atom is 0.224 e. The Morgan fingerprint density at radius 1 is 1.32 bits per heavy atom. The average Bonchev–Trinajstić information content (AvgIpc) is 2.29. The van der Waals surface area contributed by atoms with E-state index in [1.165, 1.54) is 0 Å². The molecule has 0 spiro atoms. The highest BCUT2D eigenvalue weighted by Gasteiger charge is 2.20. The lowest BCUT2D eigenvalue weighted by Crippen LogP contribution is -2.40. The first-order chi connectivity index (χ1) is 8.81. The minimum atomic E-state index is -0.252. The molecule has 1 aromatic rings. The van der Waals surface area contributed by atoms with Gasteiger partial charge in [0.15, 0.2) is 0 Å². The summed E-state index contributed by atoms with van der Waals surface area (Å²) in [6.45, 7) is 6.10. The summed E-state index contributed by atoms with van der Waals surface area (Å²) in [4.78, 5) is 11.9. The number of carbonyl (C=O) groups excluding carboxylic acids is 1. The molecule has 0 bridgehead atoms. The third-order valence-electron chi connectivity index (χ3n) is 2.79. The van der Waals surface area contributed by atoms with Gasteiger partial charge in [-0.25, -0.2) is 0 Å². The molecule has 4 heteroatoms. The number of rotatable bonds is 5. The van der Waals surface area contributed by atoms with E-state index in [0.717, 1.165) is 0 Å². The molecule has 0 radical (unpaired) electrons. The summed E-state index contributed by atoms with van der Waals surface area (Å²) in [6, 6.07) is 6.51. The number of nitrogens with one attached hydrogen (secondary N) is 1. The molecular weight excluding hydrogens is 242 g/mol. The van der Waals surface area contributed by atoms with Crippen molar-refractivity contribution >= 4 is 5.91 Å². The number of aliphatic hydroxyl groups excluding tert-OH is 1. The Bertz CT molecular complexity index is 424. The molecule has 0 fully saturated rings. The third kappa shape index (κ3) is 5.75. The highest BCUT2D eigenvalue weighted by molar-refractivity contribution is 5.79. The van der Waals surface area contributed by atoms with Crippen molar-refractivity contribution in [1.82, 2.24) is 5.32 Å². The zero-order valence-electron chi connectivity index (χ0n) is 11.8. The summed E-state index contributed by atoms with van der Waals surface area (Å²) in [5.74, 6) is -0.0705. The van der Waals surface area contributed by atoms with Crippen molar-refractivity contribution in [3.63, 3.8) is 0 Å². The van der Waals surface area contributed by atoms with Gasteiger partial charge in [-0.1, -0.05) is 39.0 Å². The smallest absolute Gasteiger partial charge is 0.224 e. The Morgan fingerprint density at radius 3 is 2.47 bits per heavy atom. The lowest BCUT2D eigenvalue weighted by molar-refractivity contribution is -0.121. The lowest BCUT2D eigenvalue weighted by atomic mass is 9.88. The van der Waals surface area contributed by atoms with Gasteiger partial charge in [0.25, 0.3) is 0 Å². The molecule has 4 nitrogen and oxygen atoms in total. The maximum atomic E-state index is 11.9. The third-order valence-corrected chi connectivity index (χ3v) is 2.79. The Labute approximate surface area is 114 Å². The van der Waals surface area contributed by atoms with Crippen molar-refractivity contribution in [2.45, 2.75) is 39.7 Å². The number of phenols is 1. The van der Waals surface area contributed by atoms with Crippen molar-refractivity contribution < 1.29 is 15.0 Å². The van der Waals surface area contributed by atoms with Crippen LogP contribution in [0.15, 0.2) is 24.3 Å². The number of hydrogen-bond acceptors (Lipinski definition) is 3. The highest BCUT2D eigenvalue weighted by Crippen LogP contribution is 2.21. The Morgan fingerprint density at radius 2 is 1.95 bits per heavy atom. The number of amides is 1. The molecule has 1 amide bonds. The fourth-order valence-corrected chi connectivity index (χ4v) is 2.01. The van der Waals surface area contributed by atoms with Gasteiger partial charge in [0.1, 0.15) is 5.75 Å². The normalized spacial score (nSPS) is 13.1. The molecule has 0 heterocycles. The van der Waals surface area contributed by atoms with Crippen LogP contribution in [0.25, 0.3) is 0 Å². The highest BCUT2D eigenvalue weighted by atomic mass is 16.3. The number of phenolic OH excluding ortho intramolecular Hbond substituents is 1. The summed E-state index contributed by atoms with van der Waals surface area (Å²) in [5, 5.41) is 21.7. The van der Waals surface area contributed by atoms with Gasteiger partial charge in [-0.2, -0.15) is 0 Å². The Hall–Kier alpha value is -1.55. The molecule has 1 aromatic carbocycles. The molecule has 106 valence electrons. The van der Waals surface area contributed by atoms with Gasteiger partial charge in [-0.05, 0) is 17.9 Å². The summed E-state index contributed by atoms with van der Waals surface area (Å²) in [7, 11) is 0. The largest absolute Gasteiger partial charge is 0.508 e. The van der Waals surface area contributed by atoms with Gasteiger partial charge in [-0.15, -0.1) is 0 Å². The molecule has 1 atom stereocenters. The number of aromatic hydroxyl groups is 1. The quantitative estimate of drug-likeness (QED) is 0.761. The molecule has 0 aromatic heterocycles. The van der Waals surface area contributed by atoms with Crippen LogP contribution >= 0.6 is 0 Å². The van der Waals surface area contributed by atoms with E-state index in [2.05, 4.69) is 26.1 Å². The zero-order chi connectivity index (χ0) is 14.5. The van der Waals surface area contributed by atoms with Crippen LogP contribution in [0.5, 0.6) is 5.75 Å². The van der Waals surface area contributed by atoms with E-state index in [1.54, 1.807) is 24.3 Å². The van der Waals surface area contributed by atoms with Crippen LogP contribution in [0.1, 0.15) is 32.8 Å². The predicted octanol–water partition coefficient (Wildman–Crippen LogP) is 1.85. The van der Waals surface area contributed by atoms with Gasteiger partial charge >= 0.3 is 0 Å². The van der Waals surface area contributed by atoms with Gasteiger partial charge in [-0.3, -0.25) is 4.79 Å². The molecule has 1 unspecified atom stereocenters. The number of carbonyl (C=O) groups is 1. The van der Waals surface area contributed by atoms with Crippen LogP contribution in [-0.4, -0.2) is 28.8 Å². The van der Waals surface area contributed by atoms with Crippen molar-refractivity contribution in [3.05, 3.63) is 29.8 Å². The minimum Gasteiger partial charge on any atom is -0.508 e. The minimum absolute atomic E-state index is 0.0373. The van der Waals surface area contributed by atoms with E-state index >= 15 is 0 Å². The fourth-order valence-electron chi connectivity index (χ4n) is 2.01. The Kier molecular flexibility index (Phi) is 5.36. The van der Waals surface area contributed by atoms with E-state index in [9.17, 15) is 15.0 Å². The van der Waals surface area contributed by atoms with Gasteiger partial charge in [0.05, 0.1) is 19.1 Å². The first kappa shape index (κ1) is 15.5. The van der Waals surface area contributed by atoms with E-state index in [4.69, 9.17) is 0 Å². The monoisotopic (exact) mass is 265 g/mol. The van der Waals surface area contributed by atoms with Crippen LogP contribution in [0, 0.1) is 5.41 Å². The van der Waals surface area contributed by atoms with Gasteiger partial charge < -0.3 is 15.5 Å². The molecule has 19 heavy (non-hydrogen) atoms. The van der Waals surface area contributed by atoms with Crippen LogP contribution in [0.4, 0.5) is 0 Å². The number of para-hydroxylation sites is 1.